The largest absolute Gasteiger partial charge is 0.363 e. The molecule has 5 nitrogen and oxygen atoms in total. The normalized spacial score (nSPS) is 11.1. The van der Waals surface area contributed by atoms with Gasteiger partial charge in [0.2, 0.25) is 0 Å². The van der Waals surface area contributed by atoms with Crippen LogP contribution < -0.4 is 10.9 Å². The summed E-state index contributed by atoms with van der Waals surface area (Å²) in [5, 5.41) is 4.85. The first-order chi connectivity index (χ1) is 14.8. The second-order valence-corrected chi connectivity index (χ2v) is 8.47. The summed E-state index contributed by atoms with van der Waals surface area (Å²) in [6.07, 6.45) is 0.952. The Morgan fingerprint density at radius 2 is 1.84 bits per heavy atom. The van der Waals surface area contributed by atoms with Crippen LogP contribution in [0, 0.1) is 12.7 Å². The van der Waals surface area contributed by atoms with E-state index in [1.807, 2.05) is 50.2 Å². The zero-order valence-electron chi connectivity index (χ0n) is 18.2. The van der Waals surface area contributed by atoms with Crippen LogP contribution in [-0.4, -0.2) is 47.1 Å². The molecule has 0 aliphatic heterocycles. The van der Waals surface area contributed by atoms with Crippen molar-refractivity contribution < 1.29 is 4.39 Å². The molecule has 0 spiro atoms. The first kappa shape index (κ1) is 22.9. The van der Waals surface area contributed by atoms with E-state index < -0.39 is 0 Å². The maximum absolute atomic E-state index is 13.3. The highest BCUT2D eigenvalue weighted by molar-refractivity contribution is 7.80. The lowest BCUT2D eigenvalue weighted by Gasteiger charge is -2.26. The molecule has 0 bridgehead atoms. The Kier molecular flexibility index (Phi) is 7.76. The van der Waals surface area contributed by atoms with Crippen LogP contribution in [0.3, 0.4) is 0 Å². The lowest BCUT2D eigenvalue weighted by molar-refractivity contribution is 0.383. The fourth-order valence-corrected chi connectivity index (χ4v) is 3.63. The number of halogens is 1. The van der Waals surface area contributed by atoms with Crippen molar-refractivity contribution in [1.82, 2.24) is 20.1 Å². The summed E-state index contributed by atoms with van der Waals surface area (Å²) in [7, 11) is 4.07. The van der Waals surface area contributed by atoms with Crippen molar-refractivity contribution in [2.24, 2.45) is 0 Å². The van der Waals surface area contributed by atoms with Crippen LogP contribution in [0.1, 0.15) is 23.1 Å². The summed E-state index contributed by atoms with van der Waals surface area (Å²) in [6, 6.07) is 14.3. The second-order valence-electron chi connectivity index (χ2n) is 8.09. The van der Waals surface area contributed by atoms with Gasteiger partial charge in [0.1, 0.15) is 5.82 Å². The summed E-state index contributed by atoms with van der Waals surface area (Å²) in [5.74, 6) is -0.277. The maximum Gasteiger partial charge on any atom is 0.253 e. The molecular formula is C24H29FN4OS. The number of aryl methyl sites for hydroxylation is 1. The third-order valence-electron chi connectivity index (χ3n) is 5.07. The zero-order valence-corrected chi connectivity index (χ0v) is 19.1. The predicted molar refractivity (Wildman–Crippen MR) is 129 cm³/mol. The van der Waals surface area contributed by atoms with E-state index in [1.165, 1.54) is 12.1 Å². The first-order valence-electron chi connectivity index (χ1n) is 10.4. The van der Waals surface area contributed by atoms with Crippen LogP contribution in [-0.2, 0) is 13.1 Å². The number of H-pyrrole nitrogens is 1. The zero-order chi connectivity index (χ0) is 22.4. The molecule has 0 aliphatic carbocycles. The van der Waals surface area contributed by atoms with Crippen molar-refractivity contribution in [2.45, 2.75) is 26.4 Å². The van der Waals surface area contributed by atoms with Gasteiger partial charge in [-0.3, -0.25) is 4.79 Å². The molecule has 3 aromatic rings. The van der Waals surface area contributed by atoms with Crippen molar-refractivity contribution in [3.63, 3.8) is 0 Å². The fourth-order valence-electron chi connectivity index (χ4n) is 3.40. The number of aromatic amines is 1. The van der Waals surface area contributed by atoms with Gasteiger partial charge >= 0.3 is 0 Å². The summed E-state index contributed by atoms with van der Waals surface area (Å²) in [4.78, 5) is 19.8. The van der Waals surface area contributed by atoms with Crippen LogP contribution in [0.5, 0.6) is 0 Å². The quantitative estimate of drug-likeness (QED) is 0.412. The minimum atomic E-state index is -0.277. The molecule has 7 heteroatoms. The Labute approximate surface area is 187 Å². The SMILES string of the molecule is Cc1ccc2cc(CN(Cc3ccc(F)cc3)C(=S)NCCCN(C)C)c(=O)[nH]c2c1. The van der Waals surface area contributed by atoms with Crippen molar-refractivity contribution in [2.75, 3.05) is 27.2 Å². The second kappa shape index (κ2) is 10.5. The van der Waals surface area contributed by atoms with Crippen molar-refractivity contribution in [1.29, 1.82) is 0 Å². The van der Waals surface area contributed by atoms with Gasteiger partial charge < -0.3 is 20.1 Å². The van der Waals surface area contributed by atoms with E-state index >= 15 is 0 Å². The number of thiocarbonyl (C=S) groups is 1. The topological polar surface area (TPSA) is 51.4 Å². The van der Waals surface area contributed by atoms with Crippen LogP contribution in [0.15, 0.2) is 53.3 Å². The third kappa shape index (κ3) is 6.60. The highest BCUT2D eigenvalue weighted by Crippen LogP contribution is 2.15. The Morgan fingerprint density at radius 3 is 2.55 bits per heavy atom. The summed E-state index contributed by atoms with van der Waals surface area (Å²) in [6.45, 7) is 4.53. The molecule has 0 amide bonds. The van der Waals surface area contributed by atoms with Gasteiger partial charge in [0.15, 0.2) is 5.11 Å². The molecule has 0 saturated carbocycles. The average Bonchev–Trinajstić information content (AvgIpc) is 2.72. The summed E-state index contributed by atoms with van der Waals surface area (Å²) < 4.78 is 13.3. The molecule has 0 radical (unpaired) electrons. The van der Waals surface area contributed by atoms with E-state index in [1.54, 1.807) is 12.1 Å². The molecule has 0 unspecified atom stereocenters. The number of fused-ring (bicyclic) bond motifs is 1. The molecular weight excluding hydrogens is 411 g/mol. The number of nitrogens with zero attached hydrogens (tertiary/aromatic N) is 2. The van der Waals surface area contributed by atoms with E-state index in [9.17, 15) is 9.18 Å². The number of aromatic nitrogens is 1. The number of hydrogen-bond donors (Lipinski definition) is 2. The Balaban J connectivity index is 1.81. The molecule has 1 heterocycles. The van der Waals surface area contributed by atoms with Gasteiger partial charge in [-0.05, 0) is 87.0 Å². The Bertz CT molecular complexity index is 1090. The highest BCUT2D eigenvalue weighted by Gasteiger charge is 2.14. The van der Waals surface area contributed by atoms with Gasteiger partial charge in [-0.15, -0.1) is 0 Å². The Morgan fingerprint density at radius 1 is 1.10 bits per heavy atom. The summed E-state index contributed by atoms with van der Waals surface area (Å²) in [5.41, 5.74) is 3.35. The number of nitrogens with one attached hydrogen (secondary N) is 2. The molecule has 3 rings (SSSR count). The molecule has 31 heavy (non-hydrogen) atoms. The first-order valence-corrected chi connectivity index (χ1v) is 10.8. The van der Waals surface area contributed by atoms with E-state index in [2.05, 4.69) is 15.2 Å². The van der Waals surface area contributed by atoms with Crippen molar-refractivity contribution in [3.8, 4) is 0 Å². The van der Waals surface area contributed by atoms with Gasteiger partial charge in [-0.25, -0.2) is 4.39 Å². The molecule has 0 aliphatic rings. The average molecular weight is 441 g/mol. The monoisotopic (exact) mass is 440 g/mol. The maximum atomic E-state index is 13.3. The molecule has 0 fully saturated rings. The van der Waals surface area contributed by atoms with Crippen LogP contribution >= 0.6 is 12.2 Å². The van der Waals surface area contributed by atoms with Gasteiger partial charge in [-0.1, -0.05) is 24.3 Å². The van der Waals surface area contributed by atoms with E-state index in [0.717, 1.165) is 41.5 Å². The fraction of sp³-hybridized carbons (Fsp3) is 0.333. The third-order valence-corrected chi connectivity index (χ3v) is 5.47. The van der Waals surface area contributed by atoms with E-state index in [4.69, 9.17) is 12.2 Å². The van der Waals surface area contributed by atoms with Crippen LogP contribution in [0.25, 0.3) is 10.9 Å². The molecule has 2 N–H and O–H groups in total. The number of rotatable bonds is 8. The lowest BCUT2D eigenvalue weighted by atomic mass is 10.1. The Hall–Kier alpha value is -2.77. The van der Waals surface area contributed by atoms with Gasteiger partial charge in [0.05, 0.1) is 6.54 Å². The van der Waals surface area contributed by atoms with Gasteiger partial charge in [0.25, 0.3) is 5.56 Å². The molecule has 164 valence electrons. The standard InChI is InChI=1S/C24H29FN4OS/c1-17-5-8-19-14-20(23(30)27-22(19)13-17)16-29(15-18-6-9-21(25)10-7-18)24(31)26-11-4-12-28(2)3/h5-10,13-14H,4,11-12,15-16H2,1-3H3,(H,26,31)(H,27,30). The smallest absolute Gasteiger partial charge is 0.253 e. The van der Waals surface area contributed by atoms with Gasteiger partial charge in [0, 0.05) is 24.2 Å². The summed E-state index contributed by atoms with van der Waals surface area (Å²) >= 11 is 5.65. The molecule has 2 aromatic carbocycles. The minimum Gasteiger partial charge on any atom is -0.363 e. The number of pyridine rings is 1. The van der Waals surface area contributed by atoms with Crippen LogP contribution in [0.4, 0.5) is 4.39 Å². The number of benzene rings is 2. The molecule has 1 aromatic heterocycles. The number of hydrogen-bond acceptors (Lipinski definition) is 3. The molecule has 0 atom stereocenters. The lowest BCUT2D eigenvalue weighted by Crippen LogP contribution is -2.40. The molecule has 0 saturated heterocycles. The van der Waals surface area contributed by atoms with E-state index in [0.29, 0.717) is 23.8 Å². The van der Waals surface area contributed by atoms with Crippen molar-refractivity contribution in [3.05, 3.63) is 81.4 Å². The predicted octanol–water partition coefficient (Wildman–Crippen LogP) is 3.80. The van der Waals surface area contributed by atoms with Crippen LogP contribution in [0.2, 0.25) is 0 Å². The minimum absolute atomic E-state index is 0.127. The highest BCUT2D eigenvalue weighted by atomic mass is 32.1. The van der Waals surface area contributed by atoms with E-state index in [-0.39, 0.29) is 11.4 Å². The van der Waals surface area contributed by atoms with Gasteiger partial charge in [-0.2, -0.15) is 0 Å². The van der Waals surface area contributed by atoms with Crippen molar-refractivity contribution >= 4 is 28.2 Å².